The van der Waals surface area contributed by atoms with Crippen molar-refractivity contribution >= 4 is 27.8 Å². The molecule has 0 heterocycles. The Balaban J connectivity index is 1.78. The molecule has 0 unspecified atom stereocenters. The van der Waals surface area contributed by atoms with Crippen LogP contribution < -0.4 is 19.2 Å². The van der Waals surface area contributed by atoms with Gasteiger partial charge in [-0.05, 0) is 54.1 Å². The summed E-state index contributed by atoms with van der Waals surface area (Å²) in [6.45, 7) is -0.575. The summed E-state index contributed by atoms with van der Waals surface area (Å²) in [5.74, 6) is 0.189. The molecule has 0 spiro atoms. The van der Waals surface area contributed by atoms with Crippen molar-refractivity contribution < 1.29 is 22.7 Å². The van der Waals surface area contributed by atoms with Crippen LogP contribution in [0.15, 0.2) is 88.9 Å². The minimum Gasteiger partial charge on any atom is -0.495 e. The van der Waals surface area contributed by atoms with Gasteiger partial charge in [0.1, 0.15) is 24.1 Å². The number of hydrogen-bond donors (Lipinski definition) is 1. The Kier molecular flexibility index (Phi) is 8.21. The van der Waals surface area contributed by atoms with Gasteiger partial charge in [0.05, 0.1) is 23.9 Å². The number of nitriles is 1. The highest BCUT2D eigenvalue weighted by Crippen LogP contribution is 2.32. The Labute approximate surface area is 197 Å². The van der Waals surface area contributed by atoms with Crippen LogP contribution in [0, 0.1) is 11.3 Å². The van der Waals surface area contributed by atoms with E-state index in [1.54, 1.807) is 66.7 Å². The monoisotopic (exact) mass is 478 g/mol. The van der Waals surface area contributed by atoms with E-state index in [0.29, 0.717) is 17.1 Å². The standard InChI is InChI=1S/C24H22N4O5S/c1-32-23-10-6-5-9-22(23)28(34(30,31)21-7-3-2-4-8-21)18-24(29)27-26-17-19-11-13-20(14-12-19)33-16-15-25/h2-14,17H,16,18H2,1H3,(H,27,29)/b26-17-. The maximum atomic E-state index is 13.4. The fourth-order valence-electron chi connectivity index (χ4n) is 2.97. The molecule has 0 saturated carbocycles. The second kappa shape index (κ2) is 11.5. The molecular formula is C24H22N4O5S. The van der Waals surface area contributed by atoms with Gasteiger partial charge in [0.25, 0.3) is 15.9 Å². The topological polar surface area (TPSA) is 121 Å². The van der Waals surface area contributed by atoms with Gasteiger partial charge in [-0.3, -0.25) is 9.10 Å². The normalized spacial score (nSPS) is 10.9. The molecule has 3 rings (SSSR count). The van der Waals surface area contributed by atoms with E-state index in [9.17, 15) is 13.2 Å². The van der Waals surface area contributed by atoms with E-state index in [1.807, 2.05) is 6.07 Å². The van der Waals surface area contributed by atoms with E-state index < -0.39 is 22.5 Å². The van der Waals surface area contributed by atoms with E-state index in [-0.39, 0.29) is 17.2 Å². The summed E-state index contributed by atoms with van der Waals surface area (Å²) in [5.41, 5.74) is 3.24. The van der Waals surface area contributed by atoms with Crippen molar-refractivity contribution in [1.82, 2.24) is 5.43 Å². The van der Waals surface area contributed by atoms with E-state index in [0.717, 1.165) is 4.31 Å². The molecule has 0 fully saturated rings. The number of para-hydroxylation sites is 2. The predicted molar refractivity (Wildman–Crippen MR) is 127 cm³/mol. The summed E-state index contributed by atoms with van der Waals surface area (Å²) in [7, 11) is -2.64. The van der Waals surface area contributed by atoms with Crippen LogP contribution in [0.4, 0.5) is 5.69 Å². The van der Waals surface area contributed by atoms with Gasteiger partial charge in [0.2, 0.25) is 0 Å². The zero-order valence-electron chi connectivity index (χ0n) is 18.3. The maximum absolute atomic E-state index is 13.4. The van der Waals surface area contributed by atoms with Crippen LogP contribution in [-0.2, 0) is 14.8 Å². The molecule has 1 N–H and O–H groups in total. The first-order chi connectivity index (χ1) is 16.5. The van der Waals surface area contributed by atoms with Gasteiger partial charge >= 0.3 is 0 Å². The number of rotatable bonds is 10. The van der Waals surface area contributed by atoms with Crippen molar-refractivity contribution in [1.29, 1.82) is 5.26 Å². The first-order valence-corrected chi connectivity index (χ1v) is 11.5. The minimum atomic E-state index is -4.07. The lowest BCUT2D eigenvalue weighted by atomic mass is 10.2. The Bertz CT molecular complexity index is 1290. The smallest absolute Gasteiger partial charge is 0.264 e. The van der Waals surface area contributed by atoms with Gasteiger partial charge in [-0.2, -0.15) is 10.4 Å². The molecule has 0 bridgehead atoms. The van der Waals surface area contributed by atoms with Gasteiger partial charge in [-0.15, -0.1) is 0 Å². The number of carbonyl (C=O) groups is 1. The molecule has 0 radical (unpaired) electrons. The number of nitrogens with zero attached hydrogens (tertiary/aromatic N) is 3. The second-order valence-corrected chi connectivity index (χ2v) is 8.67. The summed E-state index contributed by atoms with van der Waals surface area (Å²) >= 11 is 0. The van der Waals surface area contributed by atoms with E-state index in [1.165, 1.54) is 25.5 Å². The molecule has 0 atom stereocenters. The number of nitrogens with one attached hydrogen (secondary N) is 1. The van der Waals surface area contributed by atoms with E-state index in [2.05, 4.69) is 10.5 Å². The number of benzene rings is 3. The predicted octanol–water partition coefficient (Wildman–Crippen LogP) is 2.94. The lowest BCUT2D eigenvalue weighted by Crippen LogP contribution is -2.39. The van der Waals surface area contributed by atoms with Crippen LogP contribution in [0.1, 0.15) is 5.56 Å². The molecule has 10 heteroatoms. The number of anilines is 1. The first kappa shape index (κ1) is 24.3. The number of hydrazone groups is 1. The SMILES string of the molecule is COc1ccccc1N(CC(=O)N/N=C\c1ccc(OCC#N)cc1)S(=O)(=O)c1ccccc1. The summed E-state index contributed by atoms with van der Waals surface area (Å²) in [6.07, 6.45) is 1.41. The van der Waals surface area contributed by atoms with Crippen LogP contribution in [0.25, 0.3) is 0 Å². The average Bonchev–Trinajstić information content (AvgIpc) is 2.87. The van der Waals surface area contributed by atoms with Crippen molar-refractivity contribution in [3.63, 3.8) is 0 Å². The van der Waals surface area contributed by atoms with Crippen LogP contribution in [-0.4, -0.2) is 40.8 Å². The number of methoxy groups -OCH3 is 1. The fourth-order valence-corrected chi connectivity index (χ4v) is 4.42. The summed E-state index contributed by atoms with van der Waals surface area (Å²) in [5, 5.41) is 12.5. The highest BCUT2D eigenvalue weighted by Gasteiger charge is 2.29. The van der Waals surface area contributed by atoms with Crippen molar-refractivity contribution in [3.8, 4) is 17.6 Å². The molecule has 1 amide bonds. The highest BCUT2D eigenvalue weighted by molar-refractivity contribution is 7.92. The average molecular weight is 479 g/mol. The first-order valence-electron chi connectivity index (χ1n) is 10.1. The van der Waals surface area contributed by atoms with Gasteiger partial charge in [0, 0.05) is 0 Å². The number of amides is 1. The fraction of sp³-hybridized carbons (Fsp3) is 0.125. The van der Waals surface area contributed by atoms with Crippen LogP contribution in [0.2, 0.25) is 0 Å². The molecule has 9 nitrogen and oxygen atoms in total. The summed E-state index contributed by atoms with van der Waals surface area (Å²) in [6, 6.07) is 23.0. The van der Waals surface area contributed by atoms with Gasteiger partial charge in [-0.1, -0.05) is 30.3 Å². The third kappa shape index (κ3) is 6.11. The second-order valence-electron chi connectivity index (χ2n) is 6.81. The van der Waals surface area contributed by atoms with Crippen molar-refractivity contribution in [2.75, 3.05) is 24.6 Å². The molecule has 34 heavy (non-hydrogen) atoms. The largest absolute Gasteiger partial charge is 0.495 e. The van der Waals surface area contributed by atoms with Crippen molar-refractivity contribution in [3.05, 3.63) is 84.4 Å². The molecule has 0 aromatic heterocycles. The summed E-state index contributed by atoms with van der Waals surface area (Å²) < 4.78 is 38.2. The number of ether oxygens (including phenoxy) is 2. The Morgan fingerprint density at radius 1 is 1.06 bits per heavy atom. The number of carbonyl (C=O) groups excluding carboxylic acids is 1. The molecule has 0 aliphatic carbocycles. The molecule has 0 aliphatic heterocycles. The summed E-state index contributed by atoms with van der Waals surface area (Å²) in [4.78, 5) is 12.7. The lowest BCUT2D eigenvalue weighted by Gasteiger charge is -2.25. The number of sulfonamides is 1. The zero-order chi connectivity index (χ0) is 24.4. The lowest BCUT2D eigenvalue weighted by molar-refractivity contribution is -0.119. The highest BCUT2D eigenvalue weighted by atomic mass is 32.2. The van der Waals surface area contributed by atoms with E-state index >= 15 is 0 Å². The van der Waals surface area contributed by atoms with Gasteiger partial charge in [-0.25, -0.2) is 13.8 Å². The Hall–Kier alpha value is -4.36. The molecule has 0 aliphatic rings. The maximum Gasteiger partial charge on any atom is 0.264 e. The molecular weight excluding hydrogens is 456 g/mol. The third-order valence-electron chi connectivity index (χ3n) is 4.56. The molecule has 3 aromatic carbocycles. The number of hydrogen-bond acceptors (Lipinski definition) is 7. The third-order valence-corrected chi connectivity index (χ3v) is 6.33. The zero-order valence-corrected chi connectivity index (χ0v) is 19.1. The minimum absolute atomic E-state index is 0.0379. The Morgan fingerprint density at radius 2 is 1.74 bits per heavy atom. The van der Waals surface area contributed by atoms with Crippen molar-refractivity contribution in [2.45, 2.75) is 4.90 Å². The molecule has 3 aromatic rings. The quantitative estimate of drug-likeness (QED) is 0.353. The van der Waals surface area contributed by atoms with Crippen LogP contribution >= 0.6 is 0 Å². The van der Waals surface area contributed by atoms with Crippen molar-refractivity contribution in [2.24, 2.45) is 5.10 Å². The van der Waals surface area contributed by atoms with Crippen LogP contribution in [0.5, 0.6) is 11.5 Å². The molecule has 0 saturated heterocycles. The van der Waals surface area contributed by atoms with Gasteiger partial charge in [0.15, 0.2) is 6.61 Å². The Morgan fingerprint density at radius 3 is 2.41 bits per heavy atom. The van der Waals surface area contributed by atoms with Gasteiger partial charge < -0.3 is 9.47 Å². The molecule has 174 valence electrons. The van der Waals surface area contributed by atoms with E-state index in [4.69, 9.17) is 14.7 Å². The van der Waals surface area contributed by atoms with Crippen LogP contribution in [0.3, 0.4) is 0 Å².